The van der Waals surface area contributed by atoms with Crippen LogP contribution in [0.15, 0.2) is 18.2 Å². The molecule has 1 saturated carbocycles. The molecule has 1 aliphatic heterocycles. The summed E-state index contributed by atoms with van der Waals surface area (Å²) >= 11 is 0. The average Bonchev–Trinajstić information content (AvgIpc) is 2.54. The van der Waals surface area contributed by atoms with E-state index in [1.807, 2.05) is 12.1 Å². The molecule has 0 radical (unpaired) electrons. The normalized spacial score (nSPS) is 31.7. The monoisotopic (exact) mass is 379 g/mol. The number of piperidine rings is 1. The van der Waals surface area contributed by atoms with Gasteiger partial charge in [0.1, 0.15) is 11.4 Å². The Morgan fingerprint density at radius 2 is 1.88 bits per heavy atom. The molecule has 1 heterocycles. The number of nitrogens with one attached hydrogen (secondary N) is 1. The van der Waals surface area contributed by atoms with Gasteiger partial charge >= 0.3 is 11.9 Å². The molecule has 2 aliphatic carbocycles. The molecule has 3 aliphatic rings. The maximum Gasteiger partial charge on any atom is 0.308 e. The molecule has 26 heavy (non-hydrogen) atoms. The predicted molar refractivity (Wildman–Crippen MR) is 99.8 cm³/mol. The molecule has 1 unspecified atom stereocenters. The molecule has 1 aromatic rings. The van der Waals surface area contributed by atoms with E-state index in [9.17, 15) is 9.59 Å². The highest BCUT2D eigenvalue weighted by Crippen LogP contribution is 2.58. The summed E-state index contributed by atoms with van der Waals surface area (Å²) in [5, 5.41) is 3.62. The van der Waals surface area contributed by atoms with Crippen molar-refractivity contribution in [3.05, 3.63) is 29.3 Å². The topological polar surface area (TPSA) is 64.6 Å². The van der Waals surface area contributed by atoms with Crippen LogP contribution < -0.4 is 10.1 Å². The minimum atomic E-state index is -0.489. The number of hydrogen-bond donors (Lipinski definition) is 1. The summed E-state index contributed by atoms with van der Waals surface area (Å²) in [5.74, 6) is 0.0609. The van der Waals surface area contributed by atoms with Gasteiger partial charge in [-0.3, -0.25) is 9.59 Å². The van der Waals surface area contributed by atoms with E-state index in [-0.39, 0.29) is 35.8 Å². The lowest BCUT2D eigenvalue weighted by Gasteiger charge is -2.62. The zero-order chi connectivity index (χ0) is 17.7. The summed E-state index contributed by atoms with van der Waals surface area (Å²) in [4.78, 5) is 23.4. The molecule has 1 N–H and O–H groups in total. The van der Waals surface area contributed by atoms with Crippen LogP contribution in [-0.2, 0) is 26.2 Å². The fourth-order valence-electron chi connectivity index (χ4n) is 5.57. The lowest BCUT2D eigenvalue weighted by atomic mass is 9.50. The Morgan fingerprint density at radius 1 is 1.12 bits per heavy atom. The van der Waals surface area contributed by atoms with Crippen molar-refractivity contribution in [2.75, 3.05) is 6.54 Å². The third kappa shape index (κ3) is 2.72. The SMILES string of the molecule is CC(=O)Oc1ccc2c(c1)[C@@]13CCCCC1(OC(C)=O)[C@@H](C2)NCC3.Cl. The Hall–Kier alpha value is -1.59. The lowest BCUT2D eigenvalue weighted by molar-refractivity contribution is -0.188. The maximum atomic E-state index is 12.0. The molecule has 2 fully saturated rings. The summed E-state index contributed by atoms with van der Waals surface area (Å²) in [6.45, 7) is 3.85. The van der Waals surface area contributed by atoms with Crippen LogP contribution >= 0.6 is 12.4 Å². The second-order valence-electron chi connectivity index (χ2n) is 7.65. The van der Waals surface area contributed by atoms with Crippen LogP contribution in [0.25, 0.3) is 0 Å². The fourth-order valence-corrected chi connectivity index (χ4v) is 5.57. The third-order valence-electron chi connectivity index (χ3n) is 6.33. The Morgan fingerprint density at radius 3 is 2.62 bits per heavy atom. The highest BCUT2D eigenvalue weighted by atomic mass is 35.5. The van der Waals surface area contributed by atoms with Gasteiger partial charge in [-0.15, -0.1) is 12.4 Å². The number of carbonyl (C=O) groups excluding carboxylic acids is 2. The van der Waals surface area contributed by atoms with E-state index < -0.39 is 5.60 Å². The number of hydrogen-bond acceptors (Lipinski definition) is 5. The van der Waals surface area contributed by atoms with Gasteiger partial charge in [-0.1, -0.05) is 12.5 Å². The molecule has 0 spiro atoms. The van der Waals surface area contributed by atoms with E-state index in [0.717, 1.165) is 45.1 Å². The average molecular weight is 380 g/mol. The van der Waals surface area contributed by atoms with Crippen molar-refractivity contribution in [3.8, 4) is 5.75 Å². The van der Waals surface area contributed by atoms with Gasteiger partial charge in [0.2, 0.25) is 0 Å². The zero-order valence-electron chi connectivity index (χ0n) is 15.3. The molecule has 1 aromatic carbocycles. The molecule has 0 aromatic heterocycles. The van der Waals surface area contributed by atoms with E-state index in [0.29, 0.717) is 5.75 Å². The van der Waals surface area contributed by atoms with Crippen LogP contribution in [0.3, 0.4) is 0 Å². The van der Waals surface area contributed by atoms with Crippen molar-refractivity contribution in [1.82, 2.24) is 5.32 Å². The minimum absolute atomic E-state index is 0. The summed E-state index contributed by atoms with van der Waals surface area (Å²) in [5.41, 5.74) is 1.82. The zero-order valence-corrected chi connectivity index (χ0v) is 16.1. The first-order valence-electron chi connectivity index (χ1n) is 9.22. The van der Waals surface area contributed by atoms with Gasteiger partial charge in [-0.25, -0.2) is 0 Å². The van der Waals surface area contributed by atoms with Gasteiger partial charge in [0.25, 0.3) is 0 Å². The van der Waals surface area contributed by atoms with E-state index in [4.69, 9.17) is 9.47 Å². The highest BCUT2D eigenvalue weighted by Gasteiger charge is 2.64. The quantitative estimate of drug-likeness (QED) is 0.632. The number of fused-ring (bicyclic) bond motifs is 1. The number of ether oxygens (including phenoxy) is 2. The van der Waals surface area contributed by atoms with Crippen molar-refractivity contribution in [1.29, 1.82) is 0 Å². The van der Waals surface area contributed by atoms with Crippen LogP contribution in [0.2, 0.25) is 0 Å². The van der Waals surface area contributed by atoms with Gasteiger partial charge < -0.3 is 14.8 Å². The second kappa shape index (κ2) is 6.86. The van der Waals surface area contributed by atoms with Crippen molar-refractivity contribution in [2.24, 2.45) is 0 Å². The molecular weight excluding hydrogens is 354 g/mol. The molecule has 1 saturated heterocycles. The van der Waals surface area contributed by atoms with Crippen LogP contribution in [0.5, 0.6) is 5.75 Å². The summed E-state index contributed by atoms with van der Waals surface area (Å²) in [7, 11) is 0. The van der Waals surface area contributed by atoms with Crippen LogP contribution in [0, 0.1) is 0 Å². The number of benzene rings is 1. The van der Waals surface area contributed by atoms with Gasteiger partial charge in [-0.05, 0) is 61.9 Å². The van der Waals surface area contributed by atoms with Gasteiger partial charge in [0.15, 0.2) is 0 Å². The number of rotatable bonds is 2. The Kier molecular flexibility index (Phi) is 5.06. The molecule has 3 atom stereocenters. The van der Waals surface area contributed by atoms with Crippen molar-refractivity contribution < 1.29 is 19.1 Å². The van der Waals surface area contributed by atoms with Crippen LogP contribution in [0.4, 0.5) is 0 Å². The van der Waals surface area contributed by atoms with Gasteiger partial charge in [0.05, 0.1) is 6.04 Å². The first-order chi connectivity index (χ1) is 12.0. The standard InChI is InChI=1S/C20H25NO4.ClH/c1-13(22)24-16-6-5-15-11-18-20(25-14(2)23)8-4-3-7-19(20,9-10-21-18)17(15)12-16;/h5-6,12,18,21H,3-4,7-11H2,1-2H3;1H/t18-,19+,20?;/m1./s1. The summed E-state index contributed by atoms with van der Waals surface area (Å²) in [6, 6.07) is 6.11. The molecular formula is C20H26ClNO4. The Balaban J connectivity index is 0.00000196. The van der Waals surface area contributed by atoms with Crippen LogP contribution in [0.1, 0.15) is 57.1 Å². The lowest BCUT2D eigenvalue weighted by Crippen LogP contribution is -2.73. The largest absolute Gasteiger partial charge is 0.457 e. The first-order valence-corrected chi connectivity index (χ1v) is 9.22. The van der Waals surface area contributed by atoms with E-state index in [1.54, 1.807) is 0 Å². The van der Waals surface area contributed by atoms with Crippen molar-refractivity contribution >= 4 is 24.3 Å². The Labute approximate surface area is 160 Å². The molecule has 2 bridgehead atoms. The van der Waals surface area contributed by atoms with Crippen molar-refractivity contribution in [3.63, 3.8) is 0 Å². The predicted octanol–water partition coefficient (Wildman–Crippen LogP) is 3.07. The number of carbonyl (C=O) groups is 2. The maximum absolute atomic E-state index is 12.0. The van der Waals surface area contributed by atoms with Crippen LogP contribution in [-0.4, -0.2) is 30.1 Å². The smallest absolute Gasteiger partial charge is 0.308 e. The summed E-state index contributed by atoms with van der Waals surface area (Å²) < 4.78 is 11.5. The summed E-state index contributed by atoms with van der Waals surface area (Å²) in [6.07, 6.45) is 5.88. The van der Waals surface area contributed by atoms with Crippen molar-refractivity contribution in [2.45, 2.75) is 69.4 Å². The highest BCUT2D eigenvalue weighted by molar-refractivity contribution is 5.85. The molecule has 0 amide bonds. The first kappa shape index (κ1) is 19.2. The molecule has 6 heteroatoms. The minimum Gasteiger partial charge on any atom is -0.457 e. The molecule has 142 valence electrons. The molecule has 5 nitrogen and oxygen atoms in total. The van der Waals surface area contributed by atoms with E-state index in [2.05, 4.69) is 11.4 Å². The number of halogens is 1. The molecule has 4 rings (SSSR count). The van der Waals surface area contributed by atoms with Gasteiger partial charge in [-0.2, -0.15) is 0 Å². The second-order valence-corrected chi connectivity index (χ2v) is 7.65. The number of esters is 2. The fraction of sp³-hybridized carbons (Fsp3) is 0.600. The van der Waals surface area contributed by atoms with E-state index >= 15 is 0 Å². The Bertz CT molecular complexity index is 733. The van der Waals surface area contributed by atoms with Gasteiger partial charge in [0, 0.05) is 19.3 Å². The third-order valence-corrected chi connectivity index (χ3v) is 6.33. The van der Waals surface area contributed by atoms with E-state index in [1.165, 1.54) is 25.0 Å².